The van der Waals surface area contributed by atoms with Crippen molar-refractivity contribution in [2.24, 2.45) is 0 Å². The van der Waals surface area contributed by atoms with E-state index in [-0.39, 0.29) is 0 Å². The molecule has 0 saturated heterocycles. The zero-order valence-electron chi connectivity index (χ0n) is 9.33. The van der Waals surface area contributed by atoms with Gasteiger partial charge in [-0.3, -0.25) is 0 Å². The van der Waals surface area contributed by atoms with Crippen LogP contribution in [0.5, 0.6) is 0 Å². The molecule has 4 heteroatoms. The second-order valence-electron chi connectivity index (χ2n) is 4.19. The quantitative estimate of drug-likeness (QED) is 0.403. The molecule has 0 radical (unpaired) electrons. The number of hydrogen-bond acceptors (Lipinski definition) is 0. The van der Waals surface area contributed by atoms with E-state index in [1.54, 1.807) is 0 Å². The van der Waals surface area contributed by atoms with E-state index in [2.05, 4.69) is 18.2 Å². The van der Waals surface area contributed by atoms with E-state index in [9.17, 15) is 0 Å². The van der Waals surface area contributed by atoms with Crippen LogP contribution in [0.4, 0.5) is 0 Å². The molecule has 0 aliphatic carbocycles. The molecule has 3 aromatic carbocycles. The number of rotatable bonds is 1. The monoisotopic (exact) mass is 402 g/mol. The summed E-state index contributed by atoms with van der Waals surface area (Å²) in [5.74, 6) is 0. The zero-order chi connectivity index (χ0) is 12.8. The molecule has 0 aliphatic rings. The Balaban J connectivity index is 2.55. The third-order valence-electron chi connectivity index (χ3n) is 3.07. The summed E-state index contributed by atoms with van der Waals surface area (Å²) in [5, 5.41) is 4.58. The van der Waals surface area contributed by atoms with Crippen molar-refractivity contribution in [3.63, 3.8) is 0 Å². The topological polar surface area (TPSA) is 0 Å². The number of fused-ring (bicyclic) bond motifs is 3. The summed E-state index contributed by atoms with van der Waals surface area (Å²) >= 11 is -3.66. The molecule has 0 amide bonds. The average Bonchev–Trinajstić information content (AvgIpc) is 2.37. The Hall–Kier alpha value is -0.151. The number of hydrogen-bond donors (Lipinski definition) is 0. The third-order valence-corrected chi connectivity index (χ3v) is 10.1. The Kier molecular flexibility index (Phi) is 3.39. The van der Waals surface area contributed by atoms with Gasteiger partial charge in [0.15, 0.2) is 0 Å². The molecule has 0 nitrogen and oxygen atoms in total. The molecule has 0 N–H and O–H groups in total. The van der Waals surface area contributed by atoms with E-state index in [0.717, 1.165) is 19.7 Å². The molecule has 0 aromatic heterocycles. The van der Waals surface area contributed by atoms with Crippen molar-refractivity contribution in [3.05, 3.63) is 54.6 Å². The van der Waals surface area contributed by atoms with Crippen LogP contribution >= 0.6 is 26.8 Å². The number of benzene rings is 3. The first kappa shape index (κ1) is 12.9. The van der Waals surface area contributed by atoms with E-state index in [1.165, 1.54) is 5.39 Å². The predicted molar refractivity (Wildman–Crippen MR) is 84.4 cm³/mol. The van der Waals surface area contributed by atoms with Gasteiger partial charge in [-0.2, -0.15) is 0 Å². The van der Waals surface area contributed by atoms with Gasteiger partial charge >= 0.3 is 121 Å². The van der Waals surface area contributed by atoms with Gasteiger partial charge in [0.2, 0.25) is 0 Å². The van der Waals surface area contributed by atoms with Crippen molar-refractivity contribution in [1.82, 2.24) is 0 Å². The molecule has 0 bridgehead atoms. The van der Waals surface area contributed by atoms with Gasteiger partial charge in [-0.05, 0) is 0 Å². The van der Waals surface area contributed by atoms with Crippen LogP contribution in [0.2, 0.25) is 0 Å². The fourth-order valence-electron chi connectivity index (χ4n) is 2.29. The first-order chi connectivity index (χ1) is 8.57. The van der Waals surface area contributed by atoms with Gasteiger partial charge in [-0.25, -0.2) is 0 Å². The van der Waals surface area contributed by atoms with E-state index < -0.39 is 15.0 Å². The van der Waals surface area contributed by atoms with Gasteiger partial charge in [-0.1, -0.05) is 0 Å². The molecule has 0 atom stereocenters. The first-order valence-electron chi connectivity index (χ1n) is 5.55. The molecular formula is C14H9Cl3Sn. The van der Waals surface area contributed by atoms with Crippen LogP contribution in [0.1, 0.15) is 0 Å². The molecule has 0 spiro atoms. The normalized spacial score (nSPS) is 12.2. The standard InChI is InChI=1S/C14H9.3ClH.Sn/c1-3-7-13-11(5-1)9-10-12-6-2-4-8-14(12)13;;;;/h1-9H;3*1H;/q;;;;+3/p-3. The van der Waals surface area contributed by atoms with Crippen LogP contribution in [0, 0.1) is 0 Å². The van der Waals surface area contributed by atoms with Crippen molar-refractivity contribution in [3.8, 4) is 0 Å². The SMILES string of the molecule is [Cl][Sn]([Cl])([Cl])[c]1cc2ccccc2c2ccccc12. The summed E-state index contributed by atoms with van der Waals surface area (Å²) < 4.78 is 0.934. The average molecular weight is 402 g/mol. The van der Waals surface area contributed by atoms with E-state index in [1.807, 2.05) is 36.4 Å². The maximum absolute atomic E-state index is 6.28. The van der Waals surface area contributed by atoms with Gasteiger partial charge in [-0.15, -0.1) is 0 Å². The Labute approximate surface area is 120 Å². The summed E-state index contributed by atoms with van der Waals surface area (Å²) in [5.41, 5.74) is 0. The van der Waals surface area contributed by atoms with Gasteiger partial charge in [0.05, 0.1) is 0 Å². The van der Waals surface area contributed by atoms with Gasteiger partial charge < -0.3 is 0 Å². The molecule has 3 aromatic rings. The second-order valence-corrected chi connectivity index (χ2v) is 23.9. The summed E-state index contributed by atoms with van der Waals surface area (Å²) in [6.45, 7) is 0. The Morgan fingerprint density at radius 1 is 0.667 bits per heavy atom. The molecule has 90 valence electrons. The Morgan fingerprint density at radius 3 is 1.89 bits per heavy atom. The first-order valence-corrected chi connectivity index (χ1v) is 17.8. The van der Waals surface area contributed by atoms with Crippen molar-refractivity contribution >= 4 is 66.9 Å². The summed E-state index contributed by atoms with van der Waals surface area (Å²) in [7, 11) is 18.8. The van der Waals surface area contributed by atoms with Crippen LogP contribution < -0.4 is 3.58 Å². The Bertz CT molecular complexity index is 732. The van der Waals surface area contributed by atoms with E-state index >= 15 is 0 Å². The van der Waals surface area contributed by atoms with Crippen LogP contribution in [-0.4, -0.2) is 15.0 Å². The molecule has 0 heterocycles. The van der Waals surface area contributed by atoms with Gasteiger partial charge in [0.1, 0.15) is 0 Å². The van der Waals surface area contributed by atoms with Crippen LogP contribution in [0.3, 0.4) is 0 Å². The fraction of sp³-hybridized carbons (Fsp3) is 0. The van der Waals surface area contributed by atoms with E-state index in [0.29, 0.717) is 0 Å². The minimum atomic E-state index is -3.66. The van der Waals surface area contributed by atoms with Gasteiger partial charge in [0, 0.05) is 0 Å². The van der Waals surface area contributed by atoms with Crippen LogP contribution in [0.25, 0.3) is 21.5 Å². The minimum absolute atomic E-state index is 0.934. The number of halogens is 3. The summed E-state index contributed by atoms with van der Waals surface area (Å²) in [6.07, 6.45) is 0. The van der Waals surface area contributed by atoms with Crippen molar-refractivity contribution in [2.45, 2.75) is 0 Å². The molecule has 3 rings (SSSR count). The van der Waals surface area contributed by atoms with Crippen molar-refractivity contribution in [2.75, 3.05) is 0 Å². The van der Waals surface area contributed by atoms with Gasteiger partial charge in [0.25, 0.3) is 0 Å². The van der Waals surface area contributed by atoms with Crippen molar-refractivity contribution < 1.29 is 0 Å². The summed E-state index contributed by atoms with van der Waals surface area (Å²) in [4.78, 5) is 0. The second kappa shape index (κ2) is 4.75. The van der Waals surface area contributed by atoms with Crippen LogP contribution in [-0.2, 0) is 0 Å². The molecular weight excluding hydrogens is 393 g/mol. The molecule has 18 heavy (non-hydrogen) atoms. The van der Waals surface area contributed by atoms with Crippen LogP contribution in [0.15, 0.2) is 54.6 Å². The molecule has 0 fully saturated rings. The van der Waals surface area contributed by atoms with Crippen molar-refractivity contribution in [1.29, 1.82) is 0 Å². The third kappa shape index (κ3) is 2.20. The molecule has 0 saturated carbocycles. The molecule has 0 aliphatic heterocycles. The van der Waals surface area contributed by atoms with E-state index in [4.69, 9.17) is 26.8 Å². The Morgan fingerprint density at radius 2 is 1.22 bits per heavy atom. The maximum atomic E-state index is 6.28. The fourth-order valence-corrected chi connectivity index (χ4v) is 7.84. The molecule has 0 unspecified atom stereocenters. The summed E-state index contributed by atoms with van der Waals surface area (Å²) in [6, 6.07) is 18.4. The zero-order valence-corrected chi connectivity index (χ0v) is 14.5. The predicted octanol–water partition coefficient (Wildman–Crippen LogP) is 4.86.